The molecule has 1 aromatic heterocycles. The average molecular weight is 325 g/mol. The summed E-state index contributed by atoms with van der Waals surface area (Å²) in [7, 11) is 0. The molecule has 1 unspecified atom stereocenters. The molecule has 3 rings (SSSR count). The van der Waals surface area contributed by atoms with E-state index in [0.717, 1.165) is 10.4 Å². The molecule has 0 amide bonds. The molecular weight excluding hydrogens is 314 g/mol. The van der Waals surface area contributed by atoms with E-state index < -0.39 is 16.8 Å². The Morgan fingerprint density at radius 2 is 2.12 bits per heavy atom. The molecule has 24 heavy (non-hydrogen) atoms. The van der Waals surface area contributed by atoms with E-state index in [4.69, 9.17) is 10.5 Å². The van der Waals surface area contributed by atoms with Crippen molar-refractivity contribution in [2.24, 2.45) is 5.73 Å². The predicted molar refractivity (Wildman–Crippen MR) is 80.5 cm³/mol. The molecule has 10 heteroatoms. The summed E-state index contributed by atoms with van der Waals surface area (Å²) in [5, 5.41) is 31.1. The van der Waals surface area contributed by atoms with Gasteiger partial charge in [-0.2, -0.15) is 5.26 Å². The molecule has 120 valence electrons. The van der Waals surface area contributed by atoms with Crippen molar-refractivity contribution >= 4 is 11.6 Å². The normalized spacial score (nSPS) is 17.4. The number of rotatable bonds is 3. The highest BCUT2D eigenvalue weighted by atomic mass is 16.6. The Morgan fingerprint density at radius 1 is 1.42 bits per heavy atom. The fourth-order valence-corrected chi connectivity index (χ4v) is 2.48. The Bertz CT molecular complexity index is 908. The van der Waals surface area contributed by atoms with Gasteiger partial charge in [-0.05, 0) is 17.4 Å². The van der Waals surface area contributed by atoms with Gasteiger partial charge < -0.3 is 20.6 Å². The maximum absolute atomic E-state index is 10.8. The number of aromatic nitrogens is 4. The van der Waals surface area contributed by atoms with Crippen LogP contribution in [0.3, 0.4) is 0 Å². The number of nitrogens with zero attached hydrogens (tertiary/aromatic N) is 6. The first-order chi connectivity index (χ1) is 11.5. The number of nitrogens with two attached hydrogens (primary N) is 1. The third kappa shape index (κ3) is 2.44. The number of hydrogen-bond donors (Lipinski definition) is 1. The molecular formula is C14H11N7O3. The van der Waals surface area contributed by atoms with Crippen LogP contribution in [0.4, 0.5) is 5.95 Å². The molecule has 1 aliphatic rings. The third-order valence-corrected chi connectivity index (χ3v) is 3.49. The van der Waals surface area contributed by atoms with Crippen LogP contribution in [-0.2, 0) is 4.74 Å². The van der Waals surface area contributed by atoms with E-state index in [2.05, 4.69) is 15.4 Å². The molecule has 0 fully saturated rings. The van der Waals surface area contributed by atoms with Gasteiger partial charge in [0.15, 0.2) is 0 Å². The fourth-order valence-electron chi connectivity index (χ4n) is 2.48. The first-order valence-electron chi connectivity index (χ1n) is 6.81. The molecule has 10 nitrogen and oxygen atoms in total. The standard InChI is InChI=1S/C14H11N7O3/c1-8-12(20-18-14(17-19-20)21(22)23)11(9-5-3-2-4-6-9)10(7-15)13(16)24-8/h2-6,11H,16H2,1H3. The zero-order valence-corrected chi connectivity index (χ0v) is 12.4. The van der Waals surface area contributed by atoms with E-state index in [0.29, 0.717) is 11.5 Å². The van der Waals surface area contributed by atoms with Crippen molar-refractivity contribution in [3.63, 3.8) is 0 Å². The summed E-state index contributed by atoms with van der Waals surface area (Å²) in [6.07, 6.45) is 0. The van der Waals surface area contributed by atoms with Gasteiger partial charge in [-0.15, -0.1) is 0 Å². The number of nitriles is 1. The second-order valence-corrected chi connectivity index (χ2v) is 4.91. The van der Waals surface area contributed by atoms with E-state index in [-0.39, 0.29) is 11.5 Å². The zero-order valence-electron chi connectivity index (χ0n) is 12.4. The van der Waals surface area contributed by atoms with Crippen LogP contribution in [-0.4, -0.2) is 25.1 Å². The van der Waals surface area contributed by atoms with Gasteiger partial charge >= 0.3 is 5.95 Å². The number of tetrazole rings is 1. The van der Waals surface area contributed by atoms with E-state index in [9.17, 15) is 15.4 Å². The van der Waals surface area contributed by atoms with E-state index in [1.165, 1.54) is 0 Å². The Kier molecular flexibility index (Phi) is 3.67. The quantitative estimate of drug-likeness (QED) is 0.655. The molecule has 2 N–H and O–H groups in total. The van der Waals surface area contributed by atoms with Gasteiger partial charge in [0, 0.05) is 0 Å². The van der Waals surface area contributed by atoms with Crippen LogP contribution < -0.4 is 5.73 Å². The Labute approximate surface area is 135 Å². The maximum atomic E-state index is 10.8. The topological polar surface area (TPSA) is 146 Å². The maximum Gasteiger partial charge on any atom is 0.515 e. The molecule has 0 radical (unpaired) electrons. The van der Waals surface area contributed by atoms with Gasteiger partial charge in [-0.25, -0.2) is 0 Å². The minimum Gasteiger partial charge on any atom is -0.443 e. The molecule has 0 spiro atoms. The first-order valence-corrected chi connectivity index (χ1v) is 6.81. The van der Waals surface area contributed by atoms with Crippen molar-refractivity contribution in [3.8, 4) is 6.07 Å². The molecule has 0 bridgehead atoms. The van der Waals surface area contributed by atoms with Crippen molar-refractivity contribution < 1.29 is 9.66 Å². The molecule has 0 aliphatic carbocycles. The summed E-state index contributed by atoms with van der Waals surface area (Å²) in [5.41, 5.74) is 7.08. The molecule has 1 atom stereocenters. The van der Waals surface area contributed by atoms with Crippen LogP contribution in [0.5, 0.6) is 0 Å². The SMILES string of the molecule is CC1=C(n2nnc([N+](=O)[O-])n2)C(c2ccccc2)C(C#N)=C(N)O1. The van der Waals surface area contributed by atoms with Gasteiger partial charge in [0.25, 0.3) is 0 Å². The number of nitro groups is 1. The molecule has 2 aromatic rings. The third-order valence-electron chi connectivity index (χ3n) is 3.49. The van der Waals surface area contributed by atoms with Gasteiger partial charge in [0.1, 0.15) is 23.1 Å². The number of allylic oxidation sites excluding steroid dienone is 3. The van der Waals surface area contributed by atoms with Crippen LogP contribution in [0.1, 0.15) is 18.4 Å². The van der Waals surface area contributed by atoms with E-state index in [1.54, 1.807) is 31.2 Å². The molecule has 0 saturated heterocycles. The Balaban J connectivity index is 2.19. The Morgan fingerprint density at radius 3 is 2.71 bits per heavy atom. The molecule has 0 saturated carbocycles. The van der Waals surface area contributed by atoms with Crippen LogP contribution in [0.15, 0.2) is 47.5 Å². The van der Waals surface area contributed by atoms with Gasteiger partial charge in [-0.3, -0.25) is 0 Å². The summed E-state index contributed by atoms with van der Waals surface area (Å²) in [6.45, 7) is 1.61. The molecule has 1 aliphatic heterocycles. The first kappa shape index (κ1) is 15.2. The lowest BCUT2D eigenvalue weighted by Gasteiger charge is -2.25. The van der Waals surface area contributed by atoms with Gasteiger partial charge in [0.2, 0.25) is 5.88 Å². The van der Waals surface area contributed by atoms with Gasteiger partial charge in [-0.1, -0.05) is 35.1 Å². The lowest BCUT2D eigenvalue weighted by Crippen LogP contribution is -2.23. The number of ether oxygens (including phenoxy) is 1. The van der Waals surface area contributed by atoms with Crippen LogP contribution in [0.2, 0.25) is 0 Å². The minimum absolute atomic E-state index is 0.0257. The van der Waals surface area contributed by atoms with Crippen LogP contribution in [0, 0.1) is 21.4 Å². The van der Waals surface area contributed by atoms with E-state index >= 15 is 0 Å². The summed E-state index contributed by atoms with van der Waals surface area (Å²) in [4.78, 5) is 11.0. The number of benzene rings is 1. The average Bonchev–Trinajstić information content (AvgIpc) is 3.05. The monoisotopic (exact) mass is 325 g/mol. The predicted octanol–water partition coefficient (Wildman–Crippen LogP) is 1.28. The highest BCUT2D eigenvalue weighted by Gasteiger charge is 2.36. The van der Waals surface area contributed by atoms with Crippen molar-refractivity contribution in [3.05, 3.63) is 63.2 Å². The van der Waals surface area contributed by atoms with Crippen molar-refractivity contribution in [1.82, 2.24) is 20.2 Å². The lowest BCUT2D eigenvalue weighted by atomic mass is 9.87. The van der Waals surface area contributed by atoms with E-state index in [1.807, 2.05) is 12.1 Å². The smallest absolute Gasteiger partial charge is 0.443 e. The van der Waals surface area contributed by atoms with Crippen LogP contribution >= 0.6 is 0 Å². The zero-order chi connectivity index (χ0) is 17.3. The fraction of sp³-hybridized carbons (Fsp3) is 0.143. The largest absolute Gasteiger partial charge is 0.515 e. The second-order valence-electron chi connectivity index (χ2n) is 4.91. The Hall–Kier alpha value is -3.74. The van der Waals surface area contributed by atoms with Crippen molar-refractivity contribution in [2.45, 2.75) is 12.8 Å². The molecule has 2 heterocycles. The summed E-state index contributed by atoms with van der Waals surface area (Å²) in [5.74, 6) is -0.975. The summed E-state index contributed by atoms with van der Waals surface area (Å²) < 4.78 is 5.39. The number of hydrogen-bond acceptors (Lipinski definition) is 8. The second kappa shape index (κ2) is 5.81. The summed E-state index contributed by atoms with van der Waals surface area (Å²) >= 11 is 0. The van der Waals surface area contributed by atoms with Crippen LogP contribution in [0.25, 0.3) is 5.70 Å². The molecule has 1 aromatic carbocycles. The summed E-state index contributed by atoms with van der Waals surface area (Å²) in [6, 6.07) is 11.1. The highest BCUT2D eigenvalue weighted by Crippen LogP contribution is 2.40. The lowest BCUT2D eigenvalue weighted by molar-refractivity contribution is -0.394. The van der Waals surface area contributed by atoms with Gasteiger partial charge in [0.05, 0.1) is 21.3 Å². The van der Waals surface area contributed by atoms with Crippen molar-refractivity contribution in [1.29, 1.82) is 5.26 Å². The minimum atomic E-state index is -0.754. The highest BCUT2D eigenvalue weighted by molar-refractivity contribution is 5.66. The van der Waals surface area contributed by atoms with Crippen molar-refractivity contribution in [2.75, 3.05) is 0 Å².